The van der Waals surface area contributed by atoms with E-state index in [1.54, 1.807) is 0 Å². The third-order valence-electron chi connectivity index (χ3n) is 3.62. The molecule has 1 aliphatic carbocycles. The van der Waals surface area contributed by atoms with E-state index in [2.05, 4.69) is 22.7 Å². The Kier molecular flexibility index (Phi) is 4.49. The van der Waals surface area contributed by atoms with Crippen molar-refractivity contribution >= 4 is 11.6 Å². The van der Waals surface area contributed by atoms with E-state index < -0.39 is 0 Å². The topological polar surface area (TPSA) is 50.7 Å². The molecule has 0 bridgehead atoms. The summed E-state index contributed by atoms with van der Waals surface area (Å²) in [4.78, 5) is 11.8. The highest BCUT2D eigenvalue weighted by molar-refractivity contribution is 6.03. The number of nitrogens with one attached hydrogen (secondary N) is 1. The molecule has 0 saturated carbocycles. The lowest BCUT2D eigenvalue weighted by molar-refractivity contribution is -0.123. The predicted molar refractivity (Wildman–Crippen MR) is 86.0 cm³/mol. The third-order valence-corrected chi connectivity index (χ3v) is 3.62. The third kappa shape index (κ3) is 3.52. The van der Waals surface area contributed by atoms with Crippen molar-refractivity contribution in [1.82, 2.24) is 5.43 Å². The first-order valence-corrected chi connectivity index (χ1v) is 7.44. The molecule has 22 heavy (non-hydrogen) atoms. The van der Waals surface area contributed by atoms with Crippen LogP contribution in [-0.4, -0.2) is 18.2 Å². The number of nitrogens with zero attached hydrogens (tertiary/aromatic N) is 1. The first kappa shape index (κ1) is 14.3. The zero-order valence-electron chi connectivity index (χ0n) is 12.3. The van der Waals surface area contributed by atoms with Gasteiger partial charge in [-0.25, -0.2) is 5.43 Å². The van der Waals surface area contributed by atoms with Crippen molar-refractivity contribution in [2.75, 3.05) is 6.61 Å². The maximum Gasteiger partial charge on any atom is 0.277 e. The monoisotopic (exact) mass is 294 g/mol. The number of carbonyl (C=O) groups excluding carboxylic acids is 1. The van der Waals surface area contributed by atoms with E-state index in [4.69, 9.17) is 4.74 Å². The Labute approximate surface area is 129 Å². The molecule has 1 amide bonds. The van der Waals surface area contributed by atoms with Crippen LogP contribution < -0.4 is 10.2 Å². The van der Waals surface area contributed by atoms with Crippen LogP contribution in [0, 0.1) is 0 Å². The normalized spacial score (nSPS) is 15.2. The van der Waals surface area contributed by atoms with Crippen LogP contribution in [0.4, 0.5) is 0 Å². The zero-order valence-corrected chi connectivity index (χ0v) is 12.3. The van der Waals surface area contributed by atoms with Gasteiger partial charge in [0.05, 0.1) is 5.71 Å². The zero-order chi connectivity index (χ0) is 15.2. The summed E-state index contributed by atoms with van der Waals surface area (Å²) in [5, 5.41) is 4.27. The number of rotatable bonds is 4. The fraction of sp³-hybridized carbons (Fsp3) is 0.222. The number of amides is 1. The van der Waals surface area contributed by atoms with Crippen molar-refractivity contribution in [3.05, 3.63) is 65.7 Å². The summed E-state index contributed by atoms with van der Waals surface area (Å²) < 4.78 is 5.40. The molecule has 0 saturated heterocycles. The van der Waals surface area contributed by atoms with Gasteiger partial charge in [-0.05, 0) is 37.0 Å². The number of para-hydroxylation sites is 1. The maximum atomic E-state index is 11.8. The number of ether oxygens (including phenoxy) is 1. The number of hydrogen-bond acceptors (Lipinski definition) is 3. The molecule has 0 aliphatic heterocycles. The molecule has 0 heterocycles. The minimum atomic E-state index is -0.251. The molecule has 0 unspecified atom stereocenters. The highest BCUT2D eigenvalue weighted by atomic mass is 16.5. The van der Waals surface area contributed by atoms with Crippen molar-refractivity contribution in [2.24, 2.45) is 5.10 Å². The Bertz CT molecular complexity index is 680. The molecule has 3 rings (SSSR count). The lowest BCUT2D eigenvalue weighted by Crippen LogP contribution is -2.26. The van der Waals surface area contributed by atoms with E-state index in [1.807, 2.05) is 42.5 Å². The number of hydrazone groups is 1. The fourth-order valence-corrected chi connectivity index (χ4v) is 2.54. The average Bonchev–Trinajstić information content (AvgIpc) is 2.59. The van der Waals surface area contributed by atoms with Crippen LogP contribution in [0.2, 0.25) is 0 Å². The van der Waals surface area contributed by atoms with Crippen molar-refractivity contribution in [1.29, 1.82) is 0 Å². The van der Waals surface area contributed by atoms with Crippen LogP contribution in [0.25, 0.3) is 0 Å². The second-order valence-electron chi connectivity index (χ2n) is 5.21. The molecule has 112 valence electrons. The summed E-state index contributed by atoms with van der Waals surface area (Å²) in [5.41, 5.74) is 5.96. The highest BCUT2D eigenvalue weighted by Crippen LogP contribution is 2.21. The minimum absolute atomic E-state index is 0.0392. The smallest absolute Gasteiger partial charge is 0.277 e. The first-order valence-electron chi connectivity index (χ1n) is 7.44. The molecule has 0 radical (unpaired) electrons. The second kappa shape index (κ2) is 6.89. The molecule has 0 fully saturated rings. The van der Waals surface area contributed by atoms with Gasteiger partial charge < -0.3 is 4.74 Å². The van der Waals surface area contributed by atoms with E-state index in [0.717, 1.165) is 30.5 Å². The fourth-order valence-electron chi connectivity index (χ4n) is 2.54. The number of benzene rings is 2. The lowest BCUT2D eigenvalue weighted by atomic mass is 9.90. The van der Waals surface area contributed by atoms with Gasteiger partial charge in [0.15, 0.2) is 6.61 Å². The highest BCUT2D eigenvalue weighted by Gasteiger charge is 2.15. The van der Waals surface area contributed by atoms with Gasteiger partial charge >= 0.3 is 0 Å². The van der Waals surface area contributed by atoms with E-state index in [9.17, 15) is 4.79 Å². The molecule has 0 atom stereocenters. The number of carbonyl (C=O) groups is 1. The molecule has 4 nitrogen and oxygen atoms in total. The van der Waals surface area contributed by atoms with Gasteiger partial charge in [-0.1, -0.05) is 42.5 Å². The molecular weight excluding hydrogens is 276 g/mol. The first-order chi connectivity index (χ1) is 10.8. The van der Waals surface area contributed by atoms with Crippen LogP contribution in [0.1, 0.15) is 24.0 Å². The predicted octanol–water partition coefficient (Wildman–Crippen LogP) is 2.92. The summed E-state index contributed by atoms with van der Waals surface area (Å²) in [5.74, 6) is 0.424. The Morgan fingerprint density at radius 3 is 2.68 bits per heavy atom. The Morgan fingerprint density at radius 1 is 1.05 bits per heavy atom. The molecule has 2 aromatic rings. The lowest BCUT2D eigenvalue weighted by Gasteiger charge is -2.17. The van der Waals surface area contributed by atoms with E-state index in [1.165, 1.54) is 5.56 Å². The minimum Gasteiger partial charge on any atom is -0.484 e. The van der Waals surface area contributed by atoms with E-state index in [-0.39, 0.29) is 12.5 Å². The summed E-state index contributed by atoms with van der Waals surface area (Å²) in [6.07, 6.45) is 3.02. The summed E-state index contributed by atoms with van der Waals surface area (Å²) in [6.45, 7) is -0.0392. The SMILES string of the molecule is O=C(COc1ccccc1)N/N=C1\CCCc2ccccc21. The van der Waals surface area contributed by atoms with Crippen LogP contribution >= 0.6 is 0 Å². The molecule has 2 aromatic carbocycles. The largest absolute Gasteiger partial charge is 0.484 e. The van der Waals surface area contributed by atoms with Crippen LogP contribution in [0.3, 0.4) is 0 Å². The molecule has 1 aliphatic rings. The Hall–Kier alpha value is -2.62. The molecular formula is C18H18N2O2. The Morgan fingerprint density at radius 2 is 1.82 bits per heavy atom. The van der Waals surface area contributed by atoms with Crippen LogP contribution in [0.15, 0.2) is 59.7 Å². The van der Waals surface area contributed by atoms with Crippen LogP contribution in [-0.2, 0) is 11.2 Å². The molecule has 0 aromatic heterocycles. The van der Waals surface area contributed by atoms with Crippen molar-refractivity contribution in [3.8, 4) is 5.75 Å². The summed E-state index contributed by atoms with van der Waals surface area (Å²) >= 11 is 0. The van der Waals surface area contributed by atoms with Crippen molar-refractivity contribution in [2.45, 2.75) is 19.3 Å². The van der Waals surface area contributed by atoms with Gasteiger partial charge in [-0.3, -0.25) is 4.79 Å². The van der Waals surface area contributed by atoms with Crippen molar-refractivity contribution < 1.29 is 9.53 Å². The van der Waals surface area contributed by atoms with E-state index >= 15 is 0 Å². The number of hydrogen-bond donors (Lipinski definition) is 1. The molecule has 0 spiro atoms. The quantitative estimate of drug-likeness (QED) is 0.881. The van der Waals surface area contributed by atoms with Gasteiger partial charge in [0.2, 0.25) is 0 Å². The van der Waals surface area contributed by atoms with Gasteiger partial charge in [-0.15, -0.1) is 0 Å². The van der Waals surface area contributed by atoms with Gasteiger partial charge in [0.25, 0.3) is 5.91 Å². The van der Waals surface area contributed by atoms with Crippen LogP contribution in [0.5, 0.6) is 5.75 Å². The Balaban J connectivity index is 1.59. The van der Waals surface area contributed by atoms with Gasteiger partial charge in [0.1, 0.15) is 5.75 Å². The summed E-state index contributed by atoms with van der Waals surface area (Å²) in [7, 11) is 0. The standard InChI is InChI=1S/C18H18N2O2/c21-18(13-22-15-9-2-1-3-10-15)20-19-17-12-6-8-14-7-4-5-11-16(14)17/h1-5,7,9-11H,6,8,12-13H2,(H,20,21)/b19-17+. The molecule has 1 N–H and O–H groups in total. The average molecular weight is 294 g/mol. The summed E-state index contributed by atoms with van der Waals surface area (Å²) in [6, 6.07) is 17.5. The van der Waals surface area contributed by atoms with Gasteiger partial charge in [0, 0.05) is 5.56 Å². The van der Waals surface area contributed by atoms with E-state index in [0.29, 0.717) is 5.75 Å². The number of aryl methyl sites for hydroxylation is 1. The second-order valence-corrected chi connectivity index (χ2v) is 5.21. The van der Waals surface area contributed by atoms with Crippen molar-refractivity contribution in [3.63, 3.8) is 0 Å². The molecule has 4 heteroatoms. The number of fused-ring (bicyclic) bond motifs is 1. The van der Waals surface area contributed by atoms with Gasteiger partial charge in [-0.2, -0.15) is 5.10 Å². The maximum absolute atomic E-state index is 11.8.